The van der Waals surface area contributed by atoms with Crippen LogP contribution in [0.5, 0.6) is 0 Å². The number of hydrogen-bond acceptors (Lipinski definition) is 2. The van der Waals surface area contributed by atoms with Gasteiger partial charge in [0.15, 0.2) is 0 Å². The smallest absolute Gasteiger partial charge is 0.186 e. The fourth-order valence-corrected chi connectivity index (χ4v) is 0. The van der Waals surface area contributed by atoms with E-state index in [1.54, 1.807) is 0 Å². The first-order chi connectivity index (χ1) is 3.33. The third-order valence-corrected chi connectivity index (χ3v) is 0.333. The molecule has 2 heteroatoms. The third kappa shape index (κ3) is 3460. The molecular formula is C5H8O2. The van der Waals surface area contributed by atoms with Crippen LogP contribution in [0.2, 0.25) is 0 Å². The second-order valence-corrected chi connectivity index (χ2v) is 0.750. The van der Waals surface area contributed by atoms with E-state index in [1.165, 1.54) is 0 Å². The number of carbonyl (C=O) groups excluding carboxylic acids is 2. The Hall–Kier alpha value is -0.880. The van der Waals surface area contributed by atoms with Crippen LogP contribution >= 0.6 is 0 Å². The van der Waals surface area contributed by atoms with Gasteiger partial charge in [-0.05, 0) is 13.8 Å². The SMILES string of the molecule is C/C=C/C.O=C=O. The van der Waals surface area contributed by atoms with Gasteiger partial charge in [-0.1, -0.05) is 12.2 Å². The maximum Gasteiger partial charge on any atom is 0.373 e. The van der Waals surface area contributed by atoms with Gasteiger partial charge in [0.05, 0.1) is 0 Å². The van der Waals surface area contributed by atoms with E-state index in [1.807, 2.05) is 26.0 Å². The van der Waals surface area contributed by atoms with Crippen molar-refractivity contribution in [3.8, 4) is 0 Å². The lowest BCUT2D eigenvalue weighted by molar-refractivity contribution is -0.191. The molecule has 0 aliphatic carbocycles. The van der Waals surface area contributed by atoms with Crippen LogP contribution in [0.25, 0.3) is 0 Å². The first-order valence-corrected chi connectivity index (χ1v) is 1.90. The summed E-state index contributed by atoms with van der Waals surface area (Å²) >= 11 is 0. The summed E-state index contributed by atoms with van der Waals surface area (Å²) in [5, 5.41) is 0. The molecule has 0 aliphatic heterocycles. The van der Waals surface area contributed by atoms with Gasteiger partial charge in [0, 0.05) is 0 Å². The van der Waals surface area contributed by atoms with E-state index in [9.17, 15) is 0 Å². The molecule has 0 rings (SSSR count). The number of hydrogen-bond donors (Lipinski definition) is 0. The summed E-state index contributed by atoms with van der Waals surface area (Å²) in [6.07, 6.45) is 4.25. The predicted molar refractivity (Wildman–Crippen MR) is 25.5 cm³/mol. The zero-order valence-electron chi connectivity index (χ0n) is 4.47. The molecule has 0 aromatic heterocycles. The summed E-state index contributed by atoms with van der Waals surface area (Å²) in [4.78, 5) is 16.2. The molecule has 7 heavy (non-hydrogen) atoms. The molecule has 0 aromatic carbocycles. The minimum absolute atomic E-state index is 0.250. The average molecular weight is 100 g/mol. The lowest BCUT2D eigenvalue weighted by Crippen LogP contribution is -1.26. The van der Waals surface area contributed by atoms with Gasteiger partial charge in [0.25, 0.3) is 0 Å². The third-order valence-electron chi connectivity index (χ3n) is 0.333. The van der Waals surface area contributed by atoms with Crippen LogP contribution in [0.4, 0.5) is 0 Å². The first kappa shape index (κ1) is 9.45. The summed E-state index contributed by atoms with van der Waals surface area (Å²) in [7, 11) is 0. The van der Waals surface area contributed by atoms with Crippen LogP contribution in [-0.2, 0) is 9.59 Å². The molecule has 0 spiro atoms. The van der Waals surface area contributed by atoms with Crippen LogP contribution in [0.1, 0.15) is 13.8 Å². The Labute approximate surface area is 42.8 Å². The van der Waals surface area contributed by atoms with Crippen molar-refractivity contribution in [2.75, 3.05) is 0 Å². The summed E-state index contributed by atoms with van der Waals surface area (Å²) in [5.41, 5.74) is 0. The van der Waals surface area contributed by atoms with Gasteiger partial charge < -0.3 is 0 Å². The molecule has 0 aromatic rings. The van der Waals surface area contributed by atoms with E-state index in [-0.39, 0.29) is 6.15 Å². The highest BCUT2D eigenvalue weighted by atomic mass is 16.2. The van der Waals surface area contributed by atoms with E-state index < -0.39 is 0 Å². The van der Waals surface area contributed by atoms with E-state index in [0.29, 0.717) is 0 Å². The van der Waals surface area contributed by atoms with E-state index in [4.69, 9.17) is 9.59 Å². The molecule has 0 heterocycles. The molecule has 40 valence electrons. The van der Waals surface area contributed by atoms with Crippen molar-refractivity contribution in [2.24, 2.45) is 0 Å². The summed E-state index contributed by atoms with van der Waals surface area (Å²) in [6, 6.07) is 0. The molecule has 0 fully saturated rings. The highest BCUT2D eigenvalue weighted by Crippen LogP contribution is 1.57. The molecule has 0 N–H and O–H groups in total. The topological polar surface area (TPSA) is 34.1 Å². The monoisotopic (exact) mass is 100 g/mol. The molecular weight excluding hydrogens is 92.1 g/mol. The van der Waals surface area contributed by atoms with E-state index in [0.717, 1.165) is 0 Å². The zero-order valence-corrected chi connectivity index (χ0v) is 4.47. The van der Waals surface area contributed by atoms with Crippen molar-refractivity contribution in [3.63, 3.8) is 0 Å². The van der Waals surface area contributed by atoms with Crippen molar-refractivity contribution < 1.29 is 9.59 Å². The van der Waals surface area contributed by atoms with Crippen molar-refractivity contribution in [1.82, 2.24) is 0 Å². The van der Waals surface area contributed by atoms with Crippen molar-refractivity contribution in [3.05, 3.63) is 12.2 Å². The normalized spacial score (nSPS) is 6.57. The van der Waals surface area contributed by atoms with Gasteiger partial charge in [0.1, 0.15) is 0 Å². The molecule has 2 nitrogen and oxygen atoms in total. The standard InChI is InChI=1S/C4H8.CO2/c1-3-4-2;2-1-3/h3-4H,1-2H3;/b4-3+;. The van der Waals surface area contributed by atoms with Gasteiger partial charge in [-0.3, -0.25) is 0 Å². The summed E-state index contributed by atoms with van der Waals surface area (Å²) in [5.74, 6) is 0. The minimum Gasteiger partial charge on any atom is -0.186 e. The maximum absolute atomic E-state index is 8.12. The van der Waals surface area contributed by atoms with Crippen LogP contribution in [0.3, 0.4) is 0 Å². The quantitative estimate of drug-likeness (QED) is 0.425. The van der Waals surface area contributed by atoms with Gasteiger partial charge in [-0.15, -0.1) is 0 Å². The highest BCUT2D eigenvalue weighted by molar-refractivity contribution is 5.20. The molecule has 0 bridgehead atoms. The van der Waals surface area contributed by atoms with E-state index >= 15 is 0 Å². The number of allylic oxidation sites excluding steroid dienone is 2. The minimum atomic E-state index is 0.250. The van der Waals surface area contributed by atoms with Gasteiger partial charge in [-0.25, -0.2) is 0 Å². The summed E-state index contributed by atoms with van der Waals surface area (Å²) < 4.78 is 0. The Balaban J connectivity index is 0. The largest absolute Gasteiger partial charge is 0.373 e. The fourth-order valence-electron chi connectivity index (χ4n) is 0. The molecule has 0 unspecified atom stereocenters. The Kier molecular flexibility index (Phi) is 26.1. The Morgan fingerprint density at radius 2 is 1.29 bits per heavy atom. The average Bonchev–Trinajstić information content (AvgIpc) is 1.69. The van der Waals surface area contributed by atoms with Gasteiger partial charge in [0.2, 0.25) is 0 Å². The van der Waals surface area contributed by atoms with Crippen molar-refractivity contribution in [1.29, 1.82) is 0 Å². The van der Waals surface area contributed by atoms with Crippen LogP contribution < -0.4 is 0 Å². The molecule has 0 saturated heterocycles. The van der Waals surface area contributed by atoms with Gasteiger partial charge >= 0.3 is 6.15 Å². The zero-order chi connectivity index (χ0) is 6.12. The van der Waals surface area contributed by atoms with Crippen LogP contribution in [0.15, 0.2) is 12.2 Å². The van der Waals surface area contributed by atoms with Gasteiger partial charge in [-0.2, -0.15) is 9.59 Å². The predicted octanol–water partition coefficient (Wildman–Crippen LogP) is 0.999. The lowest BCUT2D eigenvalue weighted by atomic mass is 10.6. The van der Waals surface area contributed by atoms with Crippen molar-refractivity contribution in [2.45, 2.75) is 13.8 Å². The second kappa shape index (κ2) is 19.3. The van der Waals surface area contributed by atoms with Crippen LogP contribution in [-0.4, -0.2) is 6.15 Å². The summed E-state index contributed by atoms with van der Waals surface area (Å²) in [6.45, 7) is 4.00. The highest BCUT2D eigenvalue weighted by Gasteiger charge is 1.34. The Bertz CT molecular complexity index is 64.1. The molecule has 0 atom stereocenters. The lowest BCUT2D eigenvalue weighted by Gasteiger charge is -1.49. The Morgan fingerprint density at radius 3 is 1.29 bits per heavy atom. The second-order valence-electron chi connectivity index (χ2n) is 0.750. The van der Waals surface area contributed by atoms with Crippen LogP contribution in [0, 0.1) is 0 Å². The maximum atomic E-state index is 8.12. The Morgan fingerprint density at radius 1 is 1.14 bits per heavy atom. The first-order valence-electron chi connectivity index (χ1n) is 1.90. The molecule has 0 radical (unpaired) electrons. The van der Waals surface area contributed by atoms with E-state index in [2.05, 4.69) is 0 Å². The fraction of sp³-hybridized carbons (Fsp3) is 0.400. The molecule has 0 amide bonds. The molecule has 0 aliphatic rings. The number of rotatable bonds is 0. The van der Waals surface area contributed by atoms with Crippen molar-refractivity contribution >= 4 is 6.15 Å². The molecule has 0 saturated carbocycles.